The number of anilines is 3. The number of hydrogen-bond acceptors (Lipinski definition) is 5. The van der Waals surface area contributed by atoms with Gasteiger partial charge in [-0.25, -0.2) is 9.07 Å². The fourth-order valence-electron chi connectivity index (χ4n) is 6.11. The molecule has 0 amide bonds. The summed E-state index contributed by atoms with van der Waals surface area (Å²) in [4.78, 5) is 14.0. The Balaban J connectivity index is 1.21. The molecule has 172 valence electrons. The predicted molar refractivity (Wildman–Crippen MR) is 127 cm³/mol. The summed E-state index contributed by atoms with van der Waals surface area (Å²) >= 11 is 0. The molecule has 6 rings (SSSR count). The van der Waals surface area contributed by atoms with Crippen LogP contribution in [0.1, 0.15) is 36.3 Å². The molecular formula is C26H31FN6. The lowest BCUT2D eigenvalue weighted by atomic mass is 9.82. The van der Waals surface area contributed by atoms with E-state index in [4.69, 9.17) is 10.1 Å². The number of halogens is 1. The number of hydrogen-bond donors (Lipinski definition) is 0. The van der Waals surface area contributed by atoms with Gasteiger partial charge in [0.05, 0.1) is 0 Å². The highest BCUT2D eigenvalue weighted by Crippen LogP contribution is 2.44. The van der Waals surface area contributed by atoms with Crippen LogP contribution in [0.5, 0.6) is 0 Å². The van der Waals surface area contributed by atoms with Gasteiger partial charge in [0.2, 0.25) is 5.95 Å². The standard InChI is InChI=1S/C26H31FN6/c1-17-4-7-22(13-24(17)27)32-10-3-11-33-26(32)29-25(30-33)14-23-19-5-6-20(23)16-31(15-19)21-8-9-28-18(2)12-21/h4,7-9,12-13,19-20,23H,3,5-6,10-11,14-16H2,1-2H3/t19-,20+,23?. The Morgan fingerprint density at radius 1 is 1.00 bits per heavy atom. The van der Waals surface area contributed by atoms with Crippen LogP contribution in [0, 0.1) is 37.4 Å². The van der Waals surface area contributed by atoms with Gasteiger partial charge in [-0.2, -0.15) is 10.1 Å². The van der Waals surface area contributed by atoms with Crippen LogP contribution in [0.3, 0.4) is 0 Å². The molecule has 2 aromatic heterocycles. The first kappa shape index (κ1) is 20.6. The van der Waals surface area contributed by atoms with Crippen molar-refractivity contribution < 1.29 is 4.39 Å². The van der Waals surface area contributed by atoms with Crippen LogP contribution < -0.4 is 9.80 Å². The van der Waals surface area contributed by atoms with Crippen molar-refractivity contribution in [3.8, 4) is 0 Å². The van der Waals surface area contributed by atoms with Crippen LogP contribution in [0.2, 0.25) is 0 Å². The van der Waals surface area contributed by atoms with Crippen molar-refractivity contribution in [2.24, 2.45) is 17.8 Å². The van der Waals surface area contributed by atoms with Gasteiger partial charge >= 0.3 is 0 Å². The van der Waals surface area contributed by atoms with E-state index in [1.54, 1.807) is 13.0 Å². The molecule has 33 heavy (non-hydrogen) atoms. The van der Waals surface area contributed by atoms with Crippen molar-refractivity contribution in [3.05, 3.63) is 59.4 Å². The number of nitrogens with zero attached hydrogens (tertiary/aromatic N) is 6. The summed E-state index contributed by atoms with van der Waals surface area (Å²) in [5.74, 6) is 3.63. The number of pyridine rings is 1. The number of fused-ring (bicyclic) bond motifs is 3. The maximum atomic E-state index is 14.2. The van der Waals surface area contributed by atoms with Crippen molar-refractivity contribution in [2.75, 3.05) is 29.4 Å². The van der Waals surface area contributed by atoms with Gasteiger partial charge in [0.1, 0.15) is 5.82 Å². The van der Waals surface area contributed by atoms with E-state index in [-0.39, 0.29) is 5.82 Å². The van der Waals surface area contributed by atoms with Gasteiger partial charge < -0.3 is 9.80 Å². The molecule has 0 spiro atoms. The Labute approximate surface area is 194 Å². The normalized spacial score (nSPS) is 24.3. The number of rotatable bonds is 4. The Hall–Kier alpha value is -2.96. The highest BCUT2D eigenvalue weighted by atomic mass is 19.1. The van der Waals surface area contributed by atoms with E-state index in [1.165, 1.54) is 18.5 Å². The van der Waals surface area contributed by atoms with Crippen LogP contribution >= 0.6 is 0 Å². The Morgan fingerprint density at radius 3 is 2.58 bits per heavy atom. The molecule has 4 heterocycles. The predicted octanol–water partition coefficient (Wildman–Crippen LogP) is 4.68. The minimum Gasteiger partial charge on any atom is -0.371 e. The molecule has 1 saturated heterocycles. The second kappa shape index (κ2) is 8.12. The first-order chi connectivity index (χ1) is 16.0. The lowest BCUT2D eigenvalue weighted by Crippen LogP contribution is -2.42. The molecule has 3 atom stereocenters. The van der Waals surface area contributed by atoms with Gasteiger partial charge in [-0.15, -0.1) is 0 Å². The third kappa shape index (κ3) is 3.77. The minimum atomic E-state index is -0.169. The second-order valence-electron chi connectivity index (χ2n) is 10.0. The van der Waals surface area contributed by atoms with E-state index in [1.807, 2.05) is 23.0 Å². The third-order valence-corrected chi connectivity index (χ3v) is 7.85. The van der Waals surface area contributed by atoms with Crippen molar-refractivity contribution >= 4 is 17.3 Å². The van der Waals surface area contributed by atoms with Gasteiger partial charge in [0.25, 0.3) is 0 Å². The average molecular weight is 447 g/mol. The summed E-state index contributed by atoms with van der Waals surface area (Å²) in [6, 6.07) is 9.79. The quantitative estimate of drug-likeness (QED) is 0.583. The Kier molecular flexibility index (Phi) is 5.07. The maximum absolute atomic E-state index is 14.2. The highest BCUT2D eigenvalue weighted by molar-refractivity contribution is 5.58. The molecule has 1 saturated carbocycles. The summed E-state index contributed by atoms with van der Waals surface area (Å²) in [5, 5.41) is 4.89. The SMILES string of the molecule is Cc1cc(N2C[C@H]3CC[C@@H](C2)C3Cc2nc3n(n2)CCCN3c2ccc(C)c(F)c2)ccn1. The molecule has 7 heteroatoms. The molecule has 2 bridgehead atoms. The van der Waals surface area contributed by atoms with E-state index >= 15 is 0 Å². The lowest BCUT2D eigenvalue weighted by molar-refractivity contribution is 0.265. The molecule has 6 nitrogen and oxygen atoms in total. The second-order valence-corrected chi connectivity index (χ2v) is 10.0. The molecule has 2 aliphatic heterocycles. The zero-order valence-electron chi connectivity index (χ0n) is 19.4. The van der Waals surface area contributed by atoms with Gasteiger partial charge in [-0.05, 0) is 80.7 Å². The van der Waals surface area contributed by atoms with Gasteiger partial charge in [-0.1, -0.05) is 6.07 Å². The highest BCUT2D eigenvalue weighted by Gasteiger charge is 2.42. The van der Waals surface area contributed by atoms with Crippen LogP contribution in [-0.4, -0.2) is 39.4 Å². The lowest BCUT2D eigenvalue weighted by Gasteiger charge is -2.39. The van der Waals surface area contributed by atoms with Crippen LogP contribution in [0.4, 0.5) is 21.7 Å². The molecule has 1 aliphatic carbocycles. The van der Waals surface area contributed by atoms with E-state index in [0.29, 0.717) is 23.3 Å². The number of aryl methyl sites for hydroxylation is 3. The van der Waals surface area contributed by atoms with Crippen molar-refractivity contribution in [2.45, 2.75) is 46.1 Å². The van der Waals surface area contributed by atoms with Gasteiger partial charge in [0.15, 0.2) is 5.82 Å². The topological polar surface area (TPSA) is 50.1 Å². The van der Waals surface area contributed by atoms with Crippen LogP contribution in [-0.2, 0) is 13.0 Å². The van der Waals surface area contributed by atoms with E-state index in [9.17, 15) is 4.39 Å². The minimum absolute atomic E-state index is 0.169. The molecule has 2 fully saturated rings. The van der Waals surface area contributed by atoms with Crippen molar-refractivity contribution in [1.82, 2.24) is 19.7 Å². The van der Waals surface area contributed by atoms with Gasteiger partial charge in [-0.3, -0.25) is 4.98 Å². The van der Waals surface area contributed by atoms with E-state index < -0.39 is 0 Å². The molecule has 0 N–H and O–H groups in total. The fourth-order valence-corrected chi connectivity index (χ4v) is 6.11. The Bertz CT molecular complexity index is 1160. The first-order valence-corrected chi connectivity index (χ1v) is 12.2. The van der Waals surface area contributed by atoms with Gasteiger partial charge in [0, 0.05) is 55.9 Å². The molecule has 1 aromatic carbocycles. The number of piperidine rings is 1. The number of aromatic nitrogens is 4. The van der Waals surface area contributed by atoms with E-state index in [0.717, 1.165) is 62.2 Å². The fraction of sp³-hybridized carbons (Fsp3) is 0.500. The van der Waals surface area contributed by atoms with Crippen molar-refractivity contribution in [1.29, 1.82) is 0 Å². The van der Waals surface area contributed by atoms with E-state index in [2.05, 4.69) is 33.8 Å². The molecule has 3 aromatic rings. The summed E-state index contributed by atoms with van der Waals surface area (Å²) in [6.07, 6.45) is 6.43. The Morgan fingerprint density at radius 2 is 1.82 bits per heavy atom. The summed E-state index contributed by atoms with van der Waals surface area (Å²) in [7, 11) is 0. The third-order valence-electron chi connectivity index (χ3n) is 7.85. The molecule has 0 radical (unpaired) electrons. The average Bonchev–Trinajstić information content (AvgIpc) is 3.31. The molecule has 1 unspecified atom stereocenters. The van der Waals surface area contributed by atoms with Crippen LogP contribution in [0.15, 0.2) is 36.5 Å². The molecule has 3 aliphatic rings. The number of benzene rings is 1. The molecular weight excluding hydrogens is 415 g/mol. The monoisotopic (exact) mass is 446 g/mol. The smallest absolute Gasteiger partial charge is 0.228 e. The largest absolute Gasteiger partial charge is 0.371 e. The zero-order valence-corrected chi connectivity index (χ0v) is 19.4. The maximum Gasteiger partial charge on any atom is 0.228 e. The summed E-state index contributed by atoms with van der Waals surface area (Å²) < 4.78 is 16.2. The van der Waals surface area contributed by atoms with Crippen molar-refractivity contribution in [3.63, 3.8) is 0 Å². The first-order valence-electron chi connectivity index (χ1n) is 12.2. The summed E-state index contributed by atoms with van der Waals surface area (Å²) in [5.41, 5.74) is 3.91. The van der Waals surface area contributed by atoms with Crippen LogP contribution in [0.25, 0.3) is 0 Å². The zero-order chi connectivity index (χ0) is 22.5. The summed E-state index contributed by atoms with van der Waals surface area (Å²) in [6.45, 7) is 7.78.